The minimum Gasteiger partial charge on any atom is -0.508 e. The molecule has 1 aromatic rings. The van der Waals surface area contributed by atoms with Gasteiger partial charge in [0, 0.05) is 11.5 Å². The van der Waals surface area contributed by atoms with E-state index in [9.17, 15) is 14.7 Å². The normalized spacial score (nSPS) is 15.6. The van der Waals surface area contributed by atoms with Crippen molar-refractivity contribution in [2.75, 3.05) is 6.61 Å². The van der Waals surface area contributed by atoms with Crippen LogP contribution in [0.3, 0.4) is 0 Å². The quantitative estimate of drug-likeness (QED) is 0.790. The summed E-state index contributed by atoms with van der Waals surface area (Å²) in [6.07, 6.45) is 1.70. The maximum Gasteiger partial charge on any atom is 0.333 e. The second kappa shape index (κ2) is 5.73. The van der Waals surface area contributed by atoms with E-state index in [4.69, 9.17) is 4.74 Å². The number of phenols is 1. The average Bonchev–Trinajstić information content (AvgIpc) is 3.21. The van der Waals surface area contributed by atoms with Crippen molar-refractivity contribution in [3.63, 3.8) is 0 Å². The Hall–Kier alpha value is -2.04. The van der Waals surface area contributed by atoms with Crippen LogP contribution in [-0.2, 0) is 14.3 Å². The number of phenolic OH excluding ortho intramolecular Hbond substituents is 1. The third-order valence-corrected chi connectivity index (χ3v) is 3.00. The van der Waals surface area contributed by atoms with Crippen molar-refractivity contribution in [2.24, 2.45) is 5.92 Å². The summed E-state index contributed by atoms with van der Waals surface area (Å²) in [4.78, 5) is 23.7. The summed E-state index contributed by atoms with van der Waals surface area (Å²) in [5.74, 6) is -0.765. The molecule has 1 aliphatic rings. The van der Waals surface area contributed by atoms with Crippen molar-refractivity contribution >= 4 is 11.9 Å². The highest BCUT2D eigenvalue weighted by molar-refractivity contribution is 5.88. The molecule has 0 aromatic heterocycles. The number of rotatable bonds is 5. The third-order valence-electron chi connectivity index (χ3n) is 3.00. The van der Waals surface area contributed by atoms with Crippen LogP contribution in [0.4, 0.5) is 0 Å². The number of esters is 1. The topological polar surface area (TPSA) is 75.6 Å². The fraction of sp³-hybridized carbons (Fsp3) is 0.429. The monoisotopic (exact) mass is 263 g/mol. The number of hydrogen-bond donors (Lipinski definition) is 2. The number of ether oxygens (including phenoxy) is 1. The summed E-state index contributed by atoms with van der Waals surface area (Å²) in [6, 6.07) is 5.48. The Morgan fingerprint density at radius 3 is 2.68 bits per heavy atom. The molecule has 19 heavy (non-hydrogen) atoms. The second-order valence-electron chi connectivity index (χ2n) is 4.53. The molecule has 2 N–H and O–H groups in total. The smallest absolute Gasteiger partial charge is 0.333 e. The average molecular weight is 263 g/mol. The Labute approximate surface area is 111 Å². The van der Waals surface area contributed by atoms with Gasteiger partial charge in [0.05, 0.1) is 6.61 Å². The van der Waals surface area contributed by atoms with Gasteiger partial charge in [0.1, 0.15) is 5.75 Å². The number of hydrogen-bond acceptors (Lipinski definition) is 4. The van der Waals surface area contributed by atoms with Crippen molar-refractivity contribution in [3.8, 4) is 5.75 Å². The molecule has 1 amide bonds. The third kappa shape index (κ3) is 3.24. The summed E-state index contributed by atoms with van der Waals surface area (Å²) in [5, 5.41) is 12.5. The van der Waals surface area contributed by atoms with Crippen LogP contribution in [0.15, 0.2) is 24.3 Å². The maximum atomic E-state index is 11.9. The van der Waals surface area contributed by atoms with Crippen LogP contribution in [0.5, 0.6) is 5.75 Å². The number of benzene rings is 1. The van der Waals surface area contributed by atoms with Gasteiger partial charge in [-0.15, -0.1) is 0 Å². The predicted octanol–water partition coefficient (Wildman–Crippen LogP) is 1.52. The zero-order valence-electron chi connectivity index (χ0n) is 10.8. The first-order valence-corrected chi connectivity index (χ1v) is 6.38. The summed E-state index contributed by atoms with van der Waals surface area (Å²) in [5.41, 5.74) is 0.356. The number of aromatic hydroxyl groups is 1. The van der Waals surface area contributed by atoms with Gasteiger partial charge in [-0.1, -0.05) is 18.2 Å². The van der Waals surface area contributed by atoms with Crippen LogP contribution < -0.4 is 5.32 Å². The highest BCUT2D eigenvalue weighted by Crippen LogP contribution is 2.31. The molecule has 0 unspecified atom stereocenters. The van der Waals surface area contributed by atoms with E-state index in [1.807, 2.05) is 0 Å². The zero-order chi connectivity index (χ0) is 13.8. The van der Waals surface area contributed by atoms with Gasteiger partial charge in [-0.2, -0.15) is 0 Å². The molecule has 0 heterocycles. The van der Waals surface area contributed by atoms with Crippen LogP contribution in [0.25, 0.3) is 0 Å². The zero-order valence-corrected chi connectivity index (χ0v) is 10.8. The van der Waals surface area contributed by atoms with Crippen LogP contribution in [-0.4, -0.2) is 23.6 Å². The molecule has 1 aromatic carbocycles. The Balaban J connectivity index is 2.20. The van der Waals surface area contributed by atoms with E-state index in [1.165, 1.54) is 6.07 Å². The van der Waals surface area contributed by atoms with E-state index in [1.54, 1.807) is 25.1 Å². The van der Waals surface area contributed by atoms with Gasteiger partial charge < -0.3 is 15.2 Å². The van der Waals surface area contributed by atoms with Crippen LogP contribution in [0.1, 0.15) is 31.4 Å². The molecule has 102 valence electrons. The molecule has 5 heteroatoms. The minimum atomic E-state index is -0.950. The predicted molar refractivity (Wildman–Crippen MR) is 68.3 cm³/mol. The SMILES string of the molecule is CCOC(=O)[C@H](NC(=O)C1CC1)c1ccccc1O. The van der Waals surface area contributed by atoms with E-state index in [2.05, 4.69) is 5.32 Å². The van der Waals surface area contributed by atoms with E-state index < -0.39 is 12.0 Å². The van der Waals surface area contributed by atoms with E-state index in [0.29, 0.717) is 5.56 Å². The lowest BCUT2D eigenvalue weighted by Crippen LogP contribution is -2.35. The first kappa shape index (κ1) is 13.4. The molecule has 1 saturated carbocycles. The first-order chi connectivity index (χ1) is 9.13. The summed E-state index contributed by atoms with van der Waals surface area (Å²) in [7, 11) is 0. The molecule has 2 rings (SSSR count). The Kier molecular flexibility index (Phi) is 4.04. The van der Waals surface area contributed by atoms with Crippen LogP contribution >= 0.6 is 0 Å². The number of carbonyl (C=O) groups excluding carboxylic acids is 2. The fourth-order valence-electron chi connectivity index (χ4n) is 1.83. The highest BCUT2D eigenvalue weighted by Gasteiger charge is 2.34. The molecule has 0 bridgehead atoms. The maximum absolute atomic E-state index is 11.9. The van der Waals surface area contributed by atoms with Crippen LogP contribution in [0, 0.1) is 5.92 Å². The molecule has 0 radical (unpaired) electrons. The van der Waals surface area contributed by atoms with Gasteiger partial charge in [-0.25, -0.2) is 4.79 Å². The Morgan fingerprint density at radius 2 is 2.11 bits per heavy atom. The summed E-state index contributed by atoms with van der Waals surface area (Å²) >= 11 is 0. The lowest BCUT2D eigenvalue weighted by atomic mass is 10.1. The molecule has 0 spiro atoms. The Bertz CT molecular complexity index is 482. The second-order valence-corrected chi connectivity index (χ2v) is 4.53. The van der Waals surface area contributed by atoms with Gasteiger partial charge in [0.15, 0.2) is 6.04 Å². The highest BCUT2D eigenvalue weighted by atomic mass is 16.5. The molecule has 1 atom stereocenters. The number of nitrogens with one attached hydrogen (secondary N) is 1. The number of para-hydroxylation sites is 1. The standard InChI is InChI=1S/C14H17NO4/c1-2-19-14(18)12(15-13(17)9-7-8-9)10-5-3-4-6-11(10)16/h3-6,9,12,16H,2,7-8H2,1H3,(H,15,17)/t12-/m1/s1. The first-order valence-electron chi connectivity index (χ1n) is 6.38. The molecular formula is C14H17NO4. The molecule has 0 aliphatic heterocycles. The van der Waals surface area contributed by atoms with Crippen molar-refractivity contribution in [1.82, 2.24) is 5.32 Å². The largest absolute Gasteiger partial charge is 0.508 e. The summed E-state index contributed by atoms with van der Waals surface area (Å²) in [6.45, 7) is 1.92. The van der Waals surface area contributed by atoms with Crippen LogP contribution in [0.2, 0.25) is 0 Å². The molecular weight excluding hydrogens is 246 g/mol. The summed E-state index contributed by atoms with van der Waals surface area (Å²) < 4.78 is 4.95. The van der Waals surface area contributed by atoms with Gasteiger partial charge >= 0.3 is 5.97 Å². The molecule has 0 saturated heterocycles. The van der Waals surface area contributed by atoms with Gasteiger partial charge in [0.2, 0.25) is 5.91 Å². The molecule has 1 aliphatic carbocycles. The van der Waals surface area contributed by atoms with Gasteiger partial charge in [-0.05, 0) is 25.8 Å². The van der Waals surface area contributed by atoms with Crippen molar-refractivity contribution < 1.29 is 19.4 Å². The van der Waals surface area contributed by atoms with E-state index in [0.717, 1.165) is 12.8 Å². The lowest BCUT2D eigenvalue weighted by Gasteiger charge is -2.18. The number of carbonyl (C=O) groups is 2. The molecule has 1 fully saturated rings. The van der Waals surface area contributed by atoms with Crippen molar-refractivity contribution in [2.45, 2.75) is 25.8 Å². The molecule has 5 nitrogen and oxygen atoms in total. The number of amides is 1. The van der Waals surface area contributed by atoms with E-state index in [-0.39, 0.29) is 24.2 Å². The minimum absolute atomic E-state index is 0.0113. The van der Waals surface area contributed by atoms with Crippen molar-refractivity contribution in [3.05, 3.63) is 29.8 Å². The van der Waals surface area contributed by atoms with Crippen molar-refractivity contribution in [1.29, 1.82) is 0 Å². The lowest BCUT2D eigenvalue weighted by molar-refractivity contribution is -0.147. The van der Waals surface area contributed by atoms with Gasteiger partial charge in [0.25, 0.3) is 0 Å². The van der Waals surface area contributed by atoms with E-state index >= 15 is 0 Å². The van der Waals surface area contributed by atoms with Gasteiger partial charge in [-0.3, -0.25) is 4.79 Å². The fourth-order valence-corrected chi connectivity index (χ4v) is 1.83. The Morgan fingerprint density at radius 1 is 1.42 bits per heavy atom.